The number of ketones is 1. The molecule has 0 atom stereocenters. The number of carbonyl (C=O) groups excluding carboxylic acids is 1. The van der Waals surface area contributed by atoms with Crippen molar-refractivity contribution < 1.29 is 4.79 Å². The first-order valence-corrected chi connectivity index (χ1v) is 5.94. The van der Waals surface area contributed by atoms with E-state index in [9.17, 15) is 4.79 Å². The van der Waals surface area contributed by atoms with Gasteiger partial charge < -0.3 is 5.73 Å². The van der Waals surface area contributed by atoms with Crippen LogP contribution in [-0.2, 0) is 6.42 Å². The highest BCUT2D eigenvalue weighted by Crippen LogP contribution is 2.35. The molecule has 0 radical (unpaired) electrons. The van der Waals surface area contributed by atoms with Gasteiger partial charge in [-0.15, -0.1) is 0 Å². The summed E-state index contributed by atoms with van der Waals surface area (Å²) in [5, 5.41) is 0. The molecule has 1 aliphatic carbocycles. The number of rotatable bonds is 4. The molecule has 2 nitrogen and oxygen atoms in total. The molecule has 2 N–H and O–H groups in total. The van der Waals surface area contributed by atoms with Crippen LogP contribution in [0.15, 0.2) is 24.3 Å². The lowest BCUT2D eigenvalue weighted by Gasteiger charge is -2.10. The van der Waals surface area contributed by atoms with Crippen LogP contribution in [0.5, 0.6) is 0 Å². The van der Waals surface area contributed by atoms with E-state index in [1.165, 1.54) is 5.56 Å². The largest absolute Gasteiger partial charge is 0.319 e. The molecule has 0 aliphatic heterocycles. The zero-order chi connectivity index (χ0) is 11.8. The highest BCUT2D eigenvalue weighted by atomic mass is 16.1. The van der Waals surface area contributed by atoms with E-state index in [2.05, 4.69) is 19.9 Å². The van der Waals surface area contributed by atoms with Crippen molar-refractivity contribution in [2.45, 2.75) is 38.6 Å². The second kappa shape index (κ2) is 4.02. The summed E-state index contributed by atoms with van der Waals surface area (Å²) in [7, 11) is 0. The van der Waals surface area contributed by atoms with Crippen LogP contribution in [0.1, 0.15) is 42.6 Å². The van der Waals surface area contributed by atoms with Crippen molar-refractivity contribution in [1.82, 2.24) is 0 Å². The molecule has 0 spiro atoms. The molecule has 1 aromatic carbocycles. The molecule has 0 saturated heterocycles. The Morgan fingerprint density at radius 2 is 2.12 bits per heavy atom. The predicted octanol–water partition coefficient (Wildman–Crippen LogP) is 2.56. The van der Waals surface area contributed by atoms with Crippen LogP contribution in [0.2, 0.25) is 0 Å². The van der Waals surface area contributed by atoms with Crippen molar-refractivity contribution in [2.24, 2.45) is 11.7 Å². The van der Waals surface area contributed by atoms with Crippen molar-refractivity contribution in [3.63, 3.8) is 0 Å². The third-order valence-electron chi connectivity index (χ3n) is 3.07. The summed E-state index contributed by atoms with van der Waals surface area (Å²) in [5.74, 6) is 0.719. The Balaban J connectivity index is 2.19. The van der Waals surface area contributed by atoms with Gasteiger partial charge in [0, 0.05) is 5.56 Å². The molecule has 0 bridgehead atoms. The van der Waals surface area contributed by atoms with Crippen molar-refractivity contribution in [2.75, 3.05) is 0 Å². The molecule has 1 fully saturated rings. The van der Waals surface area contributed by atoms with E-state index < -0.39 is 5.54 Å². The summed E-state index contributed by atoms with van der Waals surface area (Å²) in [6.45, 7) is 4.36. The molecule has 16 heavy (non-hydrogen) atoms. The van der Waals surface area contributed by atoms with Crippen LogP contribution in [0.3, 0.4) is 0 Å². The normalized spacial score (nSPS) is 17.5. The molecule has 86 valence electrons. The van der Waals surface area contributed by atoms with Crippen LogP contribution in [0, 0.1) is 5.92 Å². The Morgan fingerprint density at radius 3 is 2.69 bits per heavy atom. The fourth-order valence-electron chi connectivity index (χ4n) is 1.96. The first-order valence-electron chi connectivity index (χ1n) is 5.94. The third-order valence-corrected chi connectivity index (χ3v) is 3.07. The Kier molecular flexibility index (Phi) is 2.85. The summed E-state index contributed by atoms with van der Waals surface area (Å²) in [6.07, 6.45) is 2.68. The van der Waals surface area contributed by atoms with Crippen LogP contribution < -0.4 is 5.73 Å². The summed E-state index contributed by atoms with van der Waals surface area (Å²) >= 11 is 0. The Labute approximate surface area is 96.8 Å². The molecule has 1 aromatic rings. The second-order valence-corrected chi connectivity index (χ2v) is 5.28. The number of hydrogen-bond acceptors (Lipinski definition) is 2. The number of Topliss-reactive ketones (excluding diaryl/α,β-unsaturated/α-hetero) is 1. The maximum Gasteiger partial charge on any atom is 0.182 e. The molecule has 0 heterocycles. The van der Waals surface area contributed by atoms with E-state index >= 15 is 0 Å². The maximum absolute atomic E-state index is 12.0. The SMILES string of the molecule is CC(C)Cc1cccc(C(=O)C2(N)CC2)c1. The molecule has 0 unspecified atom stereocenters. The van der Waals surface area contributed by atoms with E-state index in [0.717, 1.165) is 24.8 Å². The molecule has 0 amide bonds. The summed E-state index contributed by atoms with van der Waals surface area (Å²) < 4.78 is 0. The Bertz CT molecular complexity index is 405. The van der Waals surface area contributed by atoms with Gasteiger partial charge >= 0.3 is 0 Å². The van der Waals surface area contributed by atoms with Gasteiger partial charge in [0.15, 0.2) is 5.78 Å². The Hall–Kier alpha value is -1.15. The van der Waals surface area contributed by atoms with Gasteiger partial charge in [0.1, 0.15) is 0 Å². The van der Waals surface area contributed by atoms with Gasteiger partial charge in [-0.3, -0.25) is 4.79 Å². The average molecular weight is 217 g/mol. The molecule has 2 rings (SSSR count). The smallest absolute Gasteiger partial charge is 0.182 e. The van der Waals surface area contributed by atoms with E-state index in [0.29, 0.717) is 5.92 Å². The summed E-state index contributed by atoms with van der Waals surface area (Å²) in [4.78, 5) is 12.0. The summed E-state index contributed by atoms with van der Waals surface area (Å²) in [5.41, 5.74) is 7.38. The van der Waals surface area contributed by atoms with Crippen molar-refractivity contribution in [3.8, 4) is 0 Å². The predicted molar refractivity (Wildman–Crippen MR) is 65.5 cm³/mol. The van der Waals surface area contributed by atoms with Gasteiger partial charge in [-0.1, -0.05) is 32.0 Å². The van der Waals surface area contributed by atoms with Gasteiger partial charge in [-0.05, 0) is 36.8 Å². The third kappa shape index (κ3) is 2.33. The van der Waals surface area contributed by atoms with Crippen LogP contribution in [-0.4, -0.2) is 11.3 Å². The highest BCUT2D eigenvalue weighted by molar-refractivity contribution is 6.05. The second-order valence-electron chi connectivity index (χ2n) is 5.28. The zero-order valence-corrected chi connectivity index (χ0v) is 9.99. The lowest BCUT2D eigenvalue weighted by Crippen LogP contribution is -2.32. The van der Waals surface area contributed by atoms with Crippen LogP contribution in [0.25, 0.3) is 0 Å². The quantitative estimate of drug-likeness (QED) is 0.788. The minimum Gasteiger partial charge on any atom is -0.319 e. The van der Waals surface area contributed by atoms with Gasteiger partial charge in [-0.25, -0.2) is 0 Å². The molecule has 0 aromatic heterocycles. The number of carbonyl (C=O) groups is 1. The molecular weight excluding hydrogens is 198 g/mol. The minimum absolute atomic E-state index is 0.109. The average Bonchev–Trinajstić information content (AvgIpc) is 2.96. The van der Waals surface area contributed by atoms with Gasteiger partial charge in [0.05, 0.1) is 5.54 Å². The van der Waals surface area contributed by atoms with Crippen molar-refractivity contribution in [3.05, 3.63) is 35.4 Å². The van der Waals surface area contributed by atoms with E-state index in [4.69, 9.17) is 5.73 Å². The number of hydrogen-bond donors (Lipinski definition) is 1. The van der Waals surface area contributed by atoms with Crippen LogP contribution in [0.4, 0.5) is 0 Å². The first kappa shape index (κ1) is 11.3. The minimum atomic E-state index is -0.545. The van der Waals surface area contributed by atoms with E-state index in [-0.39, 0.29) is 5.78 Å². The molecular formula is C14H19NO. The Morgan fingerprint density at radius 1 is 1.44 bits per heavy atom. The van der Waals surface area contributed by atoms with Gasteiger partial charge in [0.25, 0.3) is 0 Å². The zero-order valence-electron chi connectivity index (χ0n) is 9.99. The fraction of sp³-hybridized carbons (Fsp3) is 0.500. The highest BCUT2D eigenvalue weighted by Gasteiger charge is 2.45. The van der Waals surface area contributed by atoms with Crippen molar-refractivity contribution in [1.29, 1.82) is 0 Å². The summed E-state index contributed by atoms with van der Waals surface area (Å²) in [6, 6.07) is 7.90. The maximum atomic E-state index is 12.0. The van der Waals surface area contributed by atoms with E-state index in [1.54, 1.807) is 0 Å². The standard InChI is InChI=1S/C14H19NO/c1-10(2)8-11-4-3-5-12(9-11)13(16)14(15)6-7-14/h3-5,9-10H,6-8,15H2,1-2H3. The van der Waals surface area contributed by atoms with Crippen LogP contribution >= 0.6 is 0 Å². The lowest BCUT2D eigenvalue weighted by molar-refractivity contribution is 0.0949. The van der Waals surface area contributed by atoms with Gasteiger partial charge in [-0.2, -0.15) is 0 Å². The van der Waals surface area contributed by atoms with Crippen molar-refractivity contribution >= 4 is 5.78 Å². The monoisotopic (exact) mass is 217 g/mol. The number of nitrogens with two attached hydrogens (primary N) is 1. The van der Waals surface area contributed by atoms with Gasteiger partial charge in [0.2, 0.25) is 0 Å². The number of benzene rings is 1. The fourth-order valence-corrected chi connectivity index (χ4v) is 1.96. The lowest BCUT2D eigenvalue weighted by atomic mass is 9.97. The first-order chi connectivity index (χ1) is 7.51. The molecule has 1 aliphatic rings. The topological polar surface area (TPSA) is 43.1 Å². The molecule has 2 heteroatoms. The molecule has 1 saturated carbocycles. The van der Waals surface area contributed by atoms with E-state index in [1.807, 2.05) is 18.2 Å².